The number of aromatic nitrogens is 5. The Morgan fingerprint density at radius 2 is 1.95 bits per heavy atom. The Kier molecular flexibility index (Phi) is 7.94. The fourth-order valence-electron chi connectivity index (χ4n) is 4.96. The van der Waals surface area contributed by atoms with Crippen LogP contribution in [0.3, 0.4) is 0 Å². The highest BCUT2D eigenvalue weighted by atomic mass is 79.9. The Balaban J connectivity index is 1.66. The normalized spacial score (nSPS) is 15.4. The van der Waals surface area contributed by atoms with Gasteiger partial charge in [-0.05, 0) is 47.0 Å². The summed E-state index contributed by atoms with van der Waals surface area (Å²) in [5, 5.41) is 8.11. The van der Waals surface area contributed by atoms with Gasteiger partial charge in [0.2, 0.25) is 10.0 Å². The number of fused-ring (bicyclic) bond motifs is 3. The Morgan fingerprint density at radius 3 is 2.64 bits per heavy atom. The van der Waals surface area contributed by atoms with Crippen LogP contribution < -0.4 is 10.4 Å². The van der Waals surface area contributed by atoms with E-state index in [0.29, 0.717) is 77.5 Å². The molecule has 0 saturated carbocycles. The van der Waals surface area contributed by atoms with Gasteiger partial charge in [-0.2, -0.15) is 4.31 Å². The van der Waals surface area contributed by atoms with E-state index in [0.717, 1.165) is 19.4 Å². The summed E-state index contributed by atoms with van der Waals surface area (Å²) in [5.41, 5.74) is 2.59. The Bertz CT molecular complexity index is 1680. The largest absolute Gasteiger partial charge is 0.493 e. The molecule has 13 heteroatoms. The predicted octanol–water partition coefficient (Wildman–Crippen LogP) is 3.49. The lowest BCUT2D eigenvalue weighted by molar-refractivity contribution is 0.204. The van der Waals surface area contributed by atoms with E-state index in [9.17, 15) is 13.2 Å². The molecule has 3 aromatic heterocycles. The van der Waals surface area contributed by atoms with Gasteiger partial charge >= 0.3 is 5.69 Å². The molecule has 1 fully saturated rings. The average Bonchev–Trinajstić information content (AvgIpc) is 3.55. The fourth-order valence-corrected chi connectivity index (χ4v) is 7.13. The molecule has 0 unspecified atom stereocenters. The van der Waals surface area contributed by atoms with Gasteiger partial charge in [-0.1, -0.05) is 19.9 Å². The summed E-state index contributed by atoms with van der Waals surface area (Å²) in [6.45, 7) is 11.6. The van der Waals surface area contributed by atoms with E-state index in [1.54, 1.807) is 22.8 Å². The molecule has 1 aliphatic rings. The van der Waals surface area contributed by atoms with Gasteiger partial charge in [-0.25, -0.2) is 17.6 Å². The maximum atomic E-state index is 13.7. The van der Waals surface area contributed by atoms with Gasteiger partial charge in [-0.15, -0.1) is 16.8 Å². The van der Waals surface area contributed by atoms with Crippen LogP contribution in [0.2, 0.25) is 0 Å². The second-order valence-electron chi connectivity index (χ2n) is 9.50. The van der Waals surface area contributed by atoms with E-state index in [2.05, 4.69) is 42.6 Å². The van der Waals surface area contributed by atoms with Crippen molar-refractivity contribution in [2.45, 2.75) is 38.1 Å². The zero-order valence-electron chi connectivity index (χ0n) is 22.1. The number of ether oxygens (including phenoxy) is 1. The van der Waals surface area contributed by atoms with Crippen molar-refractivity contribution in [1.82, 2.24) is 33.4 Å². The Morgan fingerprint density at radius 1 is 1.18 bits per heavy atom. The van der Waals surface area contributed by atoms with E-state index >= 15 is 0 Å². The first-order valence-corrected chi connectivity index (χ1v) is 15.3. The molecule has 208 valence electrons. The number of rotatable bonds is 10. The van der Waals surface area contributed by atoms with Gasteiger partial charge in [0.15, 0.2) is 5.65 Å². The van der Waals surface area contributed by atoms with E-state index in [-0.39, 0.29) is 10.6 Å². The zero-order chi connectivity index (χ0) is 27.7. The smallest absolute Gasteiger partial charge is 0.335 e. The minimum atomic E-state index is -3.75. The number of H-pyrrole nitrogens is 1. The van der Waals surface area contributed by atoms with Gasteiger partial charge in [-0.3, -0.25) is 9.47 Å². The number of nitrogens with one attached hydrogen (secondary N) is 1. The quantitative estimate of drug-likeness (QED) is 0.271. The van der Waals surface area contributed by atoms with Gasteiger partial charge in [0, 0.05) is 44.8 Å². The number of benzene rings is 1. The van der Waals surface area contributed by atoms with Crippen molar-refractivity contribution in [3.8, 4) is 17.0 Å². The molecule has 11 nitrogen and oxygen atoms in total. The van der Waals surface area contributed by atoms with Crippen molar-refractivity contribution in [2.75, 3.05) is 39.3 Å². The second kappa shape index (κ2) is 11.2. The molecule has 4 aromatic rings. The molecule has 39 heavy (non-hydrogen) atoms. The van der Waals surface area contributed by atoms with Crippen molar-refractivity contribution in [3.05, 3.63) is 52.1 Å². The molecule has 0 spiro atoms. The molecule has 0 amide bonds. The third-order valence-corrected chi connectivity index (χ3v) is 9.54. The number of hydrogen-bond acceptors (Lipinski definition) is 7. The number of aryl methyl sites for hydroxylation is 1. The van der Waals surface area contributed by atoms with Gasteiger partial charge < -0.3 is 9.72 Å². The van der Waals surface area contributed by atoms with Crippen molar-refractivity contribution in [3.63, 3.8) is 0 Å². The summed E-state index contributed by atoms with van der Waals surface area (Å²) < 4.78 is 38.7. The number of piperazine rings is 1. The number of hydrogen-bond donors (Lipinski definition) is 1. The first-order valence-electron chi connectivity index (χ1n) is 13.1. The Hall–Kier alpha value is -3.00. The standard InChI is InChI=1S/C26H32BrN7O4S/c1-4-9-31-11-13-32(14-12-31)39(36,37)18-7-8-20(38-15-6-3)19(16-18)22-21(27)24-23(29-22)25-30-28-17-34(25)26(35)33(24)10-5-2/h4,7-8,16-17,29H,1,5-6,9-15H2,2-3H3. The molecule has 0 radical (unpaired) electrons. The highest BCUT2D eigenvalue weighted by molar-refractivity contribution is 9.10. The molecule has 0 aliphatic carbocycles. The molecule has 1 aliphatic heterocycles. The van der Waals surface area contributed by atoms with Crippen LogP contribution in [-0.4, -0.2) is 81.1 Å². The SMILES string of the molecule is C=CCN1CCN(S(=O)(=O)c2ccc(OCCC)c(-c3[nH]c4c(c3Br)n(CCC)c(=O)n3cnnc43)c2)CC1. The van der Waals surface area contributed by atoms with Crippen molar-refractivity contribution in [1.29, 1.82) is 0 Å². The lowest BCUT2D eigenvalue weighted by Gasteiger charge is -2.33. The van der Waals surface area contributed by atoms with E-state index in [1.807, 2.05) is 19.9 Å². The molecule has 0 atom stereocenters. The van der Waals surface area contributed by atoms with Crippen molar-refractivity contribution < 1.29 is 13.2 Å². The van der Waals surface area contributed by atoms with Crippen LogP contribution >= 0.6 is 15.9 Å². The molecular weight excluding hydrogens is 586 g/mol. The summed E-state index contributed by atoms with van der Waals surface area (Å²) in [6, 6.07) is 4.95. The van der Waals surface area contributed by atoms with E-state index < -0.39 is 10.0 Å². The molecule has 5 rings (SSSR count). The average molecular weight is 619 g/mol. The molecule has 0 bridgehead atoms. The molecular formula is C26H32BrN7O4S. The van der Waals surface area contributed by atoms with Crippen LogP contribution in [0.5, 0.6) is 5.75 Å². The van der Waals surface area contributed by atoms with Crippen LogP contribution in [0.1, 0.15) is 26.7 Å². The highest BCUT2D eigenvalue weighted by Gasteiger charge is 2.30. The van der Waals surface area contributed by atoms with Gasteiger partial charge in [0.1, 0.15) is 17.6 Å². The number of halogens is 1. The van der Waals surface area contributed by atoms with Crippen LogP contribution in [0.25, 0.3) is 27.9 Å². The van der Waals surface area contributed by atoms with Gasteiger partial charge in [0.05, 0.1) is 27.2 Å². The molecule has 1 aromatic carbocycles. The lowest BCUT2D eigenvalue weighted by Crippen LogP contribution is -2.48. The highest BCUT2D eigenvalue weighted by Crippen LogP contribution is 2.41. The fraction of sp³-hybridized carbons (Fsp3) is 0.423. The third-order valence-electron chi connectivity index (χ3n) is 6.88. The lowest BCUT2D eigenvalue weighted by atomic mass is 10.1. The van der Waals surface area contributed by atoms with Crippen molar-refractivity contribution >= 4 is 42.6 Å². The minimum absolute atomic E-state index is 0.183. The summed E-state index contributed by atoms with van der Waals surface area (Å²) in [7, 11) is -3.75. The van der Waals surface area contributed by atoms with Crippen molar-refractivity contribution in [2.24, 2.45) is 0 Å². The predicted molar refractivity (Wildman–Crippen MR) is 154 cm³/mol. The maximum Gasteiger partial charge on any atom is 0.335 e. The van der Waals surface area contributed by atoms with Crippen LogP contribution in [-0.2, 0) is 16.6 Å². The summed E-state index contributed by atoms with van der Waals surface area (Å²) >= 11 is 3.72. The van der Waals surface area contributed by atoms with E-state index in [1.165, 1.54) is 15.0 Å². The monoisotopic (exact) mass is 617 g/mol. The third kappa shape index (κ3) is 4.92. The maximum absolute atomic E-state index is 13.7. The number of sulfonamides is 1. The number of aromatic amines is 1. The van der Waals surface area contributed by atoms with E-state index in [4.69, 9.17) is 4.74 Å². The first kappa shape index (κ1) is 27.6. The summed E-state index contributed by atoms with van der Waals surface area (Å²) in [4.78, 5) is 19.0. The summed E-state index contributed by atoms with van der Waals surface area (Å²) in [5.74, 6) is 0.542. The van der Waals surface area contributed by atoms with Crippen LogP contribution in [0.4, 0.5) is 0 Å². The van der Waals surface area contributed by atoms with Gasteiger partial charge in [0.25, 0.3) is 0 Å². The second-order valence-corrected chi connectivity index (χ2v) is 12.2. The summed E-state index contributed by atoms with van der Waals surface area (Å²) in [6.07, 6.45) is 4.76. The first-order chi connectivity index (χ1) is 18.8. The molecule has 1 N–H and O–H groups in total. The minimum Gasteiger partial charge on any atom is -0.493 e. The topological polar surface area (TPSA) is 118 Å². The zero-order valence-corrected chi connectivity index (χ0v) is 24.5. The molecule has 4 heterocycles. The van der Waals surface area contributed by atoms with Crippen LogP contribution in [0, 0.1) is 0 Å². The Labute approximate surface area is 235 Å². The molecule has 1 saturated heterocycles. The van der Waals surface area contributed by atoms with Crippen LogP contribution in [0.15, 0.2) is 51.3 Å². The number of nitrogens with zero attached hydrogens (tertiary/aromatic N) is 6.